The highest BCUT2D eigenvalue weighted by Crippen LogP contribution is 2.67. The number of hydrogen-bond donors (Lipinski definition) is 0. The average molecular weight is 433 g/mol. The summed E-state index contributed by atoms with van der Waals surface area (Å²) in [4.78, 5) is 0. The summed E-state index contributed by atoms with van der Waals surface area (Å²) in [6.45, 7) is 24.8. The van der Waals surface area contributed by atoms with Crippen molar-refractivity contribution in [1.82, 2.24) is 0 Å². The zero-order valence-electron chi connectivity index (χ0n) is 22.1. The quantitative estimate of drug-likeness (QED) is 0.306. The molecule has 4 rings (SSSR count). The van der Waals surface area contributed by atoms with Gasteiger partial charge in [-0.1, -0.05) is 106 Å². The topological polar surface area (TPSA) is 0 Å². The molecule has 32 heavy (non-hydrogen) atoms. The second-order valence-electron chi connectivity index (χ2n) is 11.0. The molecule has 0 heteroatoms. The molecule has 176 valence electrons. The lowest BCUT2D eigenvalue weighted by Crippen LogP contribution is -2.44. The van der Waals surface area contributed by atoms with Gasteiger partial charge in [0.1, 0.15) is 0 Å². The van der Waals surface area contributed by atoms with Crippen molar-refractivity contribution in [2.75, 3.05) is 0 Å². The average Bonchev–Trinajstić information content (AvgIpc) is 3.12. The van der Waals surface area contributed by atoms with Gasteiger partial charge < -0.3 is 0 Å². The van der Waals surface area contributed by atoms with Crippen molar-refractivity contribution in [3.63, 3.8) is 0 Å². The van der Waals surface area contributed by atoms with Crippen LogP contribution < -0.4 is 0 Å². The van der Waals surface area contributed by atoms with E-state index in [4.69, 9.17) is 0 Å². The van der Waals surface area contributed by atoms with E-state index < -0.39 is 0 Å². The van der Waals surface area contributed by atoms with Gasteiger partial charge in [0, 0.05) is 5.41 Å². The first-order valence-electron chi connectivity index (χ1n) is 13.3. The summed E-state index contributed by atoms with van der Waals surface area (Å²) in [5.74, 6) is 2.80. The highest BCUT2D eigenvalue weighted by molar-refractivity contribution is 5.43. The minimum Gasteiger partial charge on any atom is -0.0995 e. The Kier molecular flexibility index (Phi) is 7.63. The van der Waals surface area contributed by atoms with Crippen molar-refractivity contribution in [1.29, 1.82) is 0 Å². The minimum atomic E-state index is 0.288. The molecule has 0 N–H and O–H groups in total. The molecule has 0 radical (unpaired) electrons. The predicted octanol–water partition coefficient (Wildman–Crippen LogP) is 9.78. The fourth-order valence-corrected chi connectivity index (χ4v) is 7.79. The lowest BCUT2D eigenvalue weighted by Gasteiger charge is -2.54. The van der Waals surface area contributed by atoms with Crippen molar-refractivity contribution in [2.24, 2.45) is 34.5 Å². The normalized spacial score (nSPS) is 38.7. The van der Waals surface area contributed by atoms with Crippen LogP contribution in [0.1, 0.15) is 93.4 Å². The van der Waals surface area contributed by atoms with E-state index in [0.717, 1.165) is 24.7 Å². The molecule has 6 atom stereocenters. The highest BCUT2D eigenvalue weighted by atomic mass is 14.6. The summed E-state index contributed by atoms with van der Waals surface area (Å²) in [5.41, 5.74) is 8.47. The van der Waals surface area contributed by atoms with Crippen LogP contribution in [0.2, 0.25) is 0 Å². The summed E-state index contributed by atoms with van der Waals surface area (Å²) in [5, 5.41) is 0. The molecular weight excluding hydrogens is 384 g/mol. The number of rotatable bonds is 4. The summed E-state index contributed by atoms with van der Waals surface area (Å²) < 4.78 is 0. The minimum absolute atomic E-state index is 0.288. The van der Waals surface area contributed by atoms with Gasteiger partial charge >= 0.3 is 0 Å². The first kappa shape index (κ1) is 25.1. The van der Waals surface area contributed by atoms with Gasteiger partial charge in [0.2, 0.25) is 0 Å². The summed E-state index contributed by atoms with van der Waals surface area (Å²) in [6, 6.07) is 0. The molecule has 2 fully saturated rings. The van der Waals surface area contributed by atoms with E-state index in [1.807, 2.05) is 13.8 Å². The van der Waals surface area contributed by atoms with E-state index in [1.54, 1.807) is 16.7 Å². The van der Waals surface area contributed by atoms with Gasteiger partial charge in [0.25, 0.3) is 0 Å². The van der Waals surface area contributed by atoms with Crippen molar-refractivity contribution < 1.29 is 0 Å². The van der Waals surface area contributed by atoms with Gasteiger partial charge in [-0.25, -0.2) is 0 Å². The van der Waals surface area contributed by atoms with E-state index in [9.17, 15) is 0 Å². The zero-order valence-corrected chi connectivity index (χ0v) is 22.1. The largest absolute Gasteiger partial charge is 0.0995 e. The smallest absolute Gasteiger partial charge is 0.0101 e. The highest BCUT2D eigenvalue weighted by Gasteiger charge is 2.59. The van der Waals surface area contributed by atoms with Gasteiger partial charge in [-0.3, -0.25) is 0 Å². The maximum absolute atomic E-state index is 4.61. The van der Waals surface area contributed by atoms with Crippen LogP contribution in [0.3, 0.4) is 0 Å². The van der Waals surface area contributed by atoms with E-state index in [-0.39, 0.29) is 5.41 Å². The molecule has 0 aromatic rings. The molecular formula is C32H48. The van der Waals surface area contributed by atoms with Crippen molar-refractivity contribution in [3.05, 3.63) is 71.4 Å². The SMILES string of the molecule is C=C1C=C2CCC3C(=CC[C@@]4(C)C3C[C@H](/C(C)=C/C=C\C)[C@@H]4C(=C)CC)C2(C)CC1.CC. The molecule has 0 heterocycles. The zero-order chi connectivity index (χ0) is 23.7. The molecule has 0 bridgehead atoms. The summed E-state index contributed by atoms with van der Waals surface area (Å²) in [7, 11) is 0. The van der Waals surface area contributed by atoms with E-state index >= 15 is 0 Å². The third-order valence-electron chi connectivity index (χ3n) is 9.54. The van der Waals surface area contributed by atoms with Crippen molar-refractivity contribution >= 4 is 0 Å². The number of hydrogen-bond acceptors (Lipinski definition) is 0. The second kappa shape index (κ2) is 9.74. The van der Waals surface area contributed by atoms with Crippen LogP contribution in [0.25, 0.3) is 0 Å². The Morgan fingerprint density at radius 2 is 1.94 bits per heavy atom. The molecule has 0 spiro atoms. The van der Waals surface area contributed by atoms with Crippen LogP contribution in [0, 0.1) is 34.5 Å². The van der Waals surface area contributed by atoms with Crippen molar-refractivity contribution in [3.8, 4) is 0 Å². The third kappa shape index (κ3) is 3.97. The van der Waals surface area contributed by atoms with Crippen LogP contribution in [0.4, 0.5) is 0 Å². The van der Waals surface area contributed by atoms with E-state index in [1.165, 1.54) is 43.3 Å². The fraction of sp³-hybridized carbons (Fsp3) is 0.625. The molecule has 2 saturated carbocycles. The summed E-state index contributed by atoms with van der Waals surface area (Å²) in [6.07, 6.45) is 20.6. The molecule has 4 aliphatic carbocycles. The lowest BCUT2D eigenvalue weighted by atomic mass is 9.50. The van der Waals surface area contributed by atoms with Crippen molar-refractivity contribution in [2.45, 2.75) is 93.4 Å². The molecule has 0 amide bonds. The van der Waals surface area contributed by atoms with Crippen LogP contribution in [0.15, 0.2) is 71.4 Å². The van der Waals surface area contributed by atoms with Gasteiger partial charge in [-0.2, -0.15) is 0 Å². The van der Waals surface area contributed by atoms with Crippen LogP contribution in [-0.4, -0.2) is 0 Å². The Balaban J connectivity index is 0.00000141. The third-order valence-corrected chi connectivity index (χ3v) is 9.54. The molecule has 3 unspecified atom stereocenters. The molecule has 0 aromatic carbocycles. The van der Waals surface area contributed by atoms with Crippen LogP contribution in [-0.2, 0) is 0 Å². The van der Waals surface area contributed by atoms with Crippen LogP contribution >= 0.6 is 0 Å². The Labute approximate surface area is 199 Å². The Hall–Kier alpha value is -1.56. The Bertz CT molecular complexity index is 858. The first-order valence-corrected chi connectivity index (χ1v) is 13.3. The maximum atomic E-state index is 4.61. The second-order valence-corrected chi connectivity index (χ2v) is 11.0. The van der Waals surface area contributed by atoms with Gasteiger partial charge in [-0.05, 0) is 87.9 Å². The lowest BCUT2D eigenvalue weighted by molar-refractivity contribution is 0.0946. The maximum Gasteiger partial charge on any atom is 0.0101 e. The van der Waals surface area contributed by atoms with Crippen LogP contribution in [0.5, 0.6) is 0 Å². The monoisotopic (exact) mass is 432 g/mol. The Morgan fingerprint density at radius 1 is 1.22 bits per heavy atom. The van der Waals surface area contributed by atoms with E-state index in [0.29, 0.717) is 17.3 Å². The number of fused-ring (bicyclic) bond motifs is 5. The fourth-order valence-electron chi connectivity index (χ4n) is 7.79. The molecule has 4 aliphatic rings. The standard InChI is InChI=1S/C30H42.C2H6/c1-8-10-11-22(5)25-19-27-24-13-12-23-18-20(3)14-16-29(23,6)26(24)15-17-30(27,7)28(25)21(4)9-2;1-2/h8,10-11,15,18,24-25,27-28H,3-4,9,12-14,16-17,19H2,1-2,5-7H3;1-2H3/b10-8-,22-11+;/t24?,25-,27?,28+,29?,30+;/m1./s1. The molecule has 0 nitrogen and oxygen atoms in total. The molecule has 0 aliphatic heterocycles. The predicted molar refractivity (Wildman–Crippen MR) is 143 cm³/mol. The summed E-state index contributed by atoms with van der Waals surface area (Å²) >= 11 is 0. The van der Waals surface area contributed by atoms with Gasteiger partial charge in [0.05, 0.1) is 0 Å². The first-order chi connectivity index (χ1) is 15.3. The number of allylic oxidation sites excluding steroid dienone is 10. The molecule has 0 saturated heterocycles. The molecule has 0 aromatic heterocycles. The van der Waals surface area contributed by atoms with Gasteiger partial charge in [0.15, 0.2) is 0 Å². The van der Waals surface area contributed by atoms with E-state index in [2.05, 4.69) is 78.2 Å². The Morgan fingerprint density at radius 3 is 2.59 bits per heavy atom. The van der Waals surface area contributed by atoms with Gasteiger partial charge in [-0.15, -0.1) is 0 Å².